The van der Waals surface area contributed by atoms with Crippen LogP contribution in [0.3, 0.4) is 0 Å². The fourth-order valence-electron chi connectivity index (χ4n) is 9.78. The number of benzene rings is 9. The first-order valence-electron chi connectivity index (χ1n) is 19.7. The van der Waals surface area contributed by atoms with Crippen molar-refractivity contribution in [3.05, 3.63) is 192 Å². The van der Waals surface area contributed by atoms with Gasteiger partial charge in [0.2, 0.25) is 0 Å². The first kappa shape index (κ1) is 33.1. The Bertz CT molecular complexity index is 3280. The highest BCUT2D eigenvalue weighted by molar-refractivity contribution is 7.26. The van der Waals surface area contributed by atoms with E-state index in [4.69, 9.17) is 0 Å². The molecule has 56 heavy (non-hydrogen) atoms. The molecule has 0 saturated carbocycles. The summed E-state index contributed by atoms with van der Waals surface area (Å²) in [5.41, 5.74) is 13.2. The normalized spacial score (nSPS) is 14.1. The van der Waals surface area contributed by atoms with Crippen LogP contribution < -0.4 is 0 Å². The van der Waals surface area contributed by atoms with Crippen molar-refractivity contribution in [3.8, 4) is 22.3 Å². The van der Waals surface area contributed by atoms with Gasteiger partial charge in [-0.2, -0.15) is 0 Å². The van der Waals surface area contributed by atoms with Gasteiger partial charge in [0.1, 0.15) is 0 Å². The molecule has 1 heteroatoms. The molecule has 0 fully saturated rings. The van der Waals surface area contributed by atoms with Gasteiger partial charge in [-0.25, -0.2) is 0 Å². The van der Waals surface area contributed by atoms with Crippen molar-refractivity contribution in [1.82, 2.24) is 0 Å². The highest BCUT2D eigenvalue weighted by atomic mass is 32.1. The van der Waals surface area contributed by atoms with Gasteiger partial charge >= 0.3 is 0 Å². The minimum Gasteiger partial charge on any atom is -0.135 e. The van der Waals surface area contributed by atoms with Crippen LogP contribution in [0.25, 0.3) is 96.7 Å². The van der Waals surface area contributed by atoms with Crippen molar-refractivity contribution in [1.29, 1.82) is 0 Å². The maximum absolute atomic E-state index is 2.46. The number of hydrogen-bond acceptors (Lipinski definition) is 1. The summed E-state index contributed by atoms with van der Waals surface area (Å²) in [6.45, 7) is 9.34. The zero-order valence-corrected chi connectivity index (χ0v) is 32.9. The molecule has 0 aliphatic heterocycles. The molecule has 1 aromatic heterocycles. The van der Waals surface area contributed by atoms with Gasteiger partial charge in [-0.3, -0.25) is 0 Å². The van der Waals surface area contributed by atoms with Crippen LogP contribution in [-0.2, 0) is 5.41 Å². The number of allylic oxidation sites excluding steroid dienone is 4. The Kier molecular flexibility index (Phi) is 7.31. The van der Waals surface area contributed by atoms with Gasteiger partial charge in [0.05, 0.1) is 0 Å². The summed E-state index contributed by atoms with van der Waals surface area (Å²) >= 11 is 1.93. The van der Waals surface area contributed by atoms with Crippen molar-refractivity contribution in [2.75, 3.05) is 0 Å². The van der Waals surface area contributed by atoms with Crippen LogP contribution in [0.4, 0.5) is 0 Å². The average molecular weight is 733 g/mol. The van der Waals surface area contributed by atoms with E-state index in [1.54, 1.807) is 0 Å². The Morgan fingerprint density at radius 3 is 1.86 bits per heavy atom. The predicted octanol–water partition coefficient (Wildman–Crippen LogP) is 16.1. The van der Waals surface area contributed by atoms with Crippen LogP contribution in [0.15, 0.2) is 170 Å². The molecule has 1 heterocycles. The lowest BCUT2D eigenvalue weighted by atomic mass is 9.81. The van der Waals surface area contributed by atoms with Gasteiger partial charge in [-0.1, -0.05) is 172 Å². The van der Waals surface area contributed by atoms with Crippen LogP contribution >= 0.6 is 11.3 Å². The Morgan fingerprint density at radius 2 is 1.09 bits per heavy atom. The molecule has 11 rings (SSSR count). The van der Waals surface area contributed by atoms with E-state index < -0.39 is 0 Å². The third-order valence-electron chi connectivity index (χ3n) is 12.6. The zero-order valence-electron chi connectivity index (χ0n) is 32.1. The zero-order chi connectivity index (χ0) is 37.7. The molecule has 9 aromatic carbocycles. The van der Waals surface area contributed by atoms with Crippen LogP contribution in [0.5, 0.6) is 0 Å². The van der Waals surface area contributed by atoms with Crippen LogP contribution in [0.1, 0.15) is 49.9 Å². The molecule has 0 bridgehead atoms. The minimum absolute atomic E-state index is 0.108. The predicted molar refractivity (Wildman–Crippen MR) is 246 cm³/mol. The Labute approximate surface area is 331 Å². The molecule has 0 N–H and O–H groups in total. The second kappa shape index (κ2) is 12.4. The van der Waals surface area contributed by atoms with E-state index in [1.165, 1.54) is 119 Å². The van der Waals surface area contributed by atoms with Gasteiger partial charge in [0, 0.05) is 31.0 Å². The summed E-state index contributed by atoms with van der Waals surface area (Å²) < 4.78 is 2.75. The van der Waals surface area contributed by atoms with E-state index in [0.717, 1.165) is 0 Å². The maximum Gasteiger partial charge on any atom is 0.0440 e. The number of fused-ring (bicyclic) bond motifs is 12. The largest absolute Gasteiger partial charge is 0.135 e. The molecule has 1 aliphatic rings. The standard InChI is InChI=1S/C55H40S/c1-33(37-27-30-46-48(32-37)55(3,4)47-31-28-36-26-29-45-39-17-11-12-23-49(39)56-54(45)51(36)53(46)47)24-25-34(2)50-41-18-7-9-20-43(41)52(44-21-10-8-19-42(44)50)40-22-13-15-35-14-5-6-16-38(35)40/h5-32H,1-4H3/b33-24+,34-25+. The van der Waals surface area contributed by atoms with Crippen molar-refractivity contribution in [2.45, 2.75) is 33.1 Å². The second-order valence-corrected chi connectivity index (χ2v) is 17.1. The molecule has 10 aromatic rings. The van der Waals surface area contributed by atoms with E-state index in [9.17, 15) is 0 Å². The molecule has 1 aliphatic carbocycles. The van der Waals surface area contributed by atoms with Crippen molar-refractivity contribution < 1.29 is 0 Å². The minimum atomic E-state index is -0.108. The first-order chi connectivity index (χ1) is 27.4. The molecule has 0 nitrogen and oxygen atoms in total. The van der Waals surface area contributed by atoms with Crippen molar-refractivity contribution in [3.63, 3.8) is 0 Å². The lowest BCUT2D eigenvalue weighted by Crippen LogP contribution is -2.15. The maximum atomic E-state index is 2.46. The van der Waals surface area contributed by atoms with E-state index in [-0.39, 0.29) is 5.41 Å². The molecular formula is C55H40S. The molecular weight excluding hydrogens is 693 g/mol. The SMILES string of the molecule is C/C(=C\C=C(/C)c1c2ccccc2c(-c2cccc3ccccc23)c2ccccc12)c1ccc2c(c1)C(C)(C)c1ccc3ccc4c5ccccc5sc4c3c1-2. The molecule has 0 unspecified atom stereocenters. The number of hydrogen-bond donors (Lipinski definition) is 0. The number of rotatable bonds is 4. The molecule has 0 amide bonds. The van der Waals surface area contributed by atoms with E-state index in [1.807, 2.05) is 11.3 Å². The van der Waals surface area contributed by atoms with Crippen molar-refractivity contribution in [2.24, 2.45) is 0 Å². The molecule has 0 atom stereocenters. The Balaban J connectivity index is 1.04. The summed E-state index contributed by atoms with van der Waals surface area (Å²) in [6.07, 6.45) is 4.66. The lowest BCUT2D eigenvalue weighted by Gasteiger charge is -2.22. The Hall–Kier alpha value is -6.28. The summed E-state index contributed by atoms with van der Waals surface area (Å²) in [7, 11) is 0. The monoisotopic (exact) mass is 732 g/mol. The average Bonchev–Trinajstić information content (AvgIpc) is 3.73. The smallest absolute Gasteiger partial charge is 0.0440 e. The fourth-order valence-corrected chi connectivity index (χ4v) is 11.0. The summed E-state index contributed by atoms with van der Waals surface area (Å²) in [5.74, 6) is 0. The second-order valence-electron chi connectivity index (χ2n) is 16.1. The first-order valence-corrected chi connectivity index (χ1v) is 20.5. The van der Waals surface area contributed by atoms with Gasteiger partial charge < -0.3 is 0 Å². The molecule has 266 valence electrons. The fraction of sp³-hybridized carbons (Fsp3) is 0.0909. The topological polar surface area (TPSA) is 0 Å². The third-order valence-corrected chi connectivity index (χ3v) is 13.8. The van der Waals surface area contributed by atoms with Gasteiger partial charge in [-0.05, 0) is 119 Å². The van der Waals surface area contributed by atoms with E-state index in [0.29, 0.717) is 0 Å². The number of thiophene rings is 1. The van der Waals surface area contributed by atoms with Gasteiger partial charge in [0.25, 0.3) is 0 Å². The highest BCUT2D eigenvalue weighted by Gasteiger charge is 2.37. The summed E-state index contributed by atoms with van der Waals surface area (Å²) in [5, 5.41) is 13.1. The van der Waals surface area contributed by atoms with Gasteiger partial charge in [-0.15, -0.1) is 11.3 Å². The van der Waals surface area contributed by atoms with Crippen LogP contribution in [0, 0.1) is 0 Å². The third kappa shape index (κ3) is 4.77. The van der Waals surface area contributed by atoms with E-state index in [2.05, 4.69) is 198 Å². The van der Waals surface area contributed by atoms with Crippen LogP contribution in [0.2, 0.25) is 0 Å². The van der Waals surface area contributed by atoms with Crippen molar-refractivity contribution >= 4 is 85.7 Å². The quantitative estimate of drug-likeness (QED) is 0.125. The van der Waals surface area contributed by atoms with Gasteiger partial charge in [0.15, 0.2) is 0 Å². The lowest BCUT2D eigenvalue weighted by molar-refractivity contribution is 0.660. The molecule has 0 radical (unpaired) electrons. The van der Waals surface area contributed by atoms with Crippen LogP contribution in [-0.4, -0.2) is 0 Å². The van der Waals surface area contributed by atoms with E-state index >= 15 is 0 Å². The molecule has 0 saturated heterocycles. The Morgan fingerprint density at radius 1 is 0.464 bits per heavy atom. The summed E-state index contributed by atoms with van der Waals surface area (Å²) in [4.78, 5) is 0. The highest BCUT2D eigenvalue weighted by Crippen LogP contribution is 2.54. The molecule has 0 spiro atoms. The summed E-state index contributed by atoms with van der Waals surface area (Å²) in [6, 6.07) is 58.8.